The summed E-state index contributed by atoms with van der Waals surface area (Å²) in [6, 6.07) is 8.25. The van der Waals surface area contributed by atoms with Gasteiger partial charge in [0.1, 0.15) is 17.2 Å². The number of non-ortho nitro benzene ring substituents is 1. The third kappa shape index (κ3) is 10.1. The van der Waals surface area contributed by atoms with Crippen LogP contribution in [0.5, 0.6) is 11.5 Å². The van der Waals surface area contributed by atoms with Crippen LogP contribution in [0, 0.1) is 20.2 Å². The van der Waals surface area contributed by atoms with E-state index in [0.717, 1.165) is 25.0 Å². The van der Waals surface area contributed by atoms with E-state index in [0.29, 0.717) is 30.1 Å². The normalized spacial score (nSPS) is 11.4. The molecule has 202 valence electrons. The summed E-state index contributed by atoms with van der Waals surface area (Å²) in [6.07, 6.45) is 12.9. The quantitative estimate of drug-likeness (QED) is 0.0897. The first-order chi connectivity index (χ1) is 17.9. The van der Waals surface area contributed by atoms with Crippen LogP contribution in [-0.2, 0) is 0 Å². The SMILES string of the molecule is CCCCCCCCCCCCOc1ccc(/C(CC)=N/Nc2ccc([N+](=O)[O-])cc2[N+](=O)[O-])c(O)c1. The summed E-state index contributed by atoms with van der Waals surface area (Å²) in [4.78, 5) is 20.8. The van der Waals surface area contributed by atoms with E-state index < -0.39 is 15.5 Å². The van der Waals surface area contributed by atoms with Crippen molar-refractivity contribution in [2.75, 3.05) is 12.0 Å². The highest BCUT2D eigenvalue weighted by Crippen LogP contribution is 2.30. The van der Waals surface area contributed by atoms with Gasteiger partial charge in [-0.25, -0.2) is 0 Å². The second-order valence-corrected chi connectivity index (χ2v) is 8.95. The van der Waals surface area contributed by atoms with Crippen LogP contribution in [-0.4, -0.2) is 27.3 Å². The Morgan fingerprint density at radius 1 is 0.892 bits per heavy atom. The lowest BCUT2D eigenvalue weighted by atomic mass is 10.1. The van der Waals surface area contributed by atoms with E-state index in [1.807, 2.05) is 6.92 Å². The molecule has 0 aliphatic carbocycles. The van der Waals surface area contributed by atoms with E-state index in [4.69, 9.17) is 4.74 Å². The lowest BCUT2D eigenvalue weighted by molar-refractivity contribution is -0.393. The number of rotatable bonds is 18. The second-order valence-electron chi connectivity index (χ2n) is 8.95. The molecule has 10 heteroatoms. The number of hydrogen-bond donors (Lipinski definition) is 2. The van der Waals surface area contributed by atoms with Gasteiger partial charge >= 0.3 is 5.69 Å². The molecule has 2 rings (SSSR count). The van der Waals surface area contributed by atoms with Crippen molar-refractivity contribution in [3.05, 3.63) is 62.2 Å². The number of benzene rings is 2. The molecule has 0 bridgehead atoms. The number of nitro groups is 2. The zero-order valence-electron chi connectivity index (χ0n) is 21.8. The molecule has 0 atom stereocenters. The van der Waals surface area contributed by atoms with E-state index in [1.54, 1.807) is 12.1 Å². The van der Waals surface area contributed by atoms with Gasteiger partial charge in [0, 0.05) is 17.7 Å². The molecule has 0 aliphatic heterocycles. The zero-order valence-corrected chi connectivity index (χ0v) is 21.8. The maximum absolute atomic E-state index is 11.3. The number of nitro benzene ring substituents is 2. The number of unbranched alkanes of at least 4 members (excludes halogenated alkanes) is 9. The van der Waals surface area contributed by atoms with Crippen LogP contribution in [0.25, 0.3) is 0 Å². The standard InChI is InChI=1S/C27H38N4O6/c1-3-5-6-7-8-9-10-11-12-13-18-37-22-15-16-23(27(32)20-22)24(4-2)28-29-25-17-14-21(30(33)34)19-26(25)31(35)36/h14-17,19-20,29,32H,3-13,18H2,1-2H3/b28-24+. The van der Waals surface area contributed by atoms with E-state index in [2.05, 4.69) is 17.5 Å². The first kappa shape index (κ1) is 29.5. The Bertz CT molecular complexity index is 1060. The molecule has 2 aromatic rings. The Labute approximate surface area is 218 Å². The molecule has 0 saturated carbocycles. The number of anilines is 1. The maximum Gasteiger partial charge on any atom is 0.301 e. The van der Waals surface area contributed by atoms with Gasteiger partial charge in [-0.15, -0.1) is 0 Å². The lowest BCUT2D eigenvalue weighted by Gasteiger charge is -2.11. The first-order valence-electron chi connectivity index (χ1n) is 13.1. The molecule has 0 unspecified atom stereocenters. The zero-order chi connectivity index (χ0) is 27.0. The average Bonchev–Trinajstić information content (AvgIpc) is 2.88. The average molecular weight is 515 g/mol. The Morgan fingerprint density at radius 3 is 2.11 bits per heavy atom. The fraction of sp³-hybridized carbons (Fsp3) is 0.519. The van der Waals surface area contributed by atoms with Crippen LogP contribution in [0.3, 0.4) is 0 Å². The molecule has 2 N–H and O–H groups in total. The number of hydrazone groups is 1. The van der Waals surface area contributed by atoms with Crippen molar-refractivity contribution >= 4 is 22.8 Å². The molecule has 37 heavy (non-hydrogen) atoms. The predicted molar refractivity (Wildman–Crippen MR) is 146 cm³/mol. The predicted octanol–water partition coefficient (Wildman–Crippen LogP) is 7.73. The van der Waals surface area contributed by atoms with Gasteiger partial charge in [-0.2, -0.15) is 5.10 Å². The number of phenols is 1. The van der Waals surface area contributed by atoms with Crippen LogP contribution in [0.2, 0.25) is 0 Å². The van der Waals surface area contributed by atoms with E-state index in [9.17, 15) is 25.3 Å². The van der Waals surface area contributed by atoms with Gasteiger partial charge in [-0.05, 0) is 31.0 Å². The number of aromatic hydroxyl groups is 1. The molecule has 0 aromatic heterocycles. The number of ether oxygens (including phenoxy) is 1. The highest BCUT2D eigenvalue weighted by molar-refractivity contribution is 6.03. The molecule has 0 radical (unpaired) electrons. The number of nitrogens with zero attached hydrogens (tertiary/aromatic N) is 3. The first-order valence-corrected chi connectivity index (χ1v) is 13.1. The summed E-state index contributed by atoms with van der Waals surface area (Å²) < 4.78 is 5.78. The van der Waals surface area contributed by atoms with Crippen molar-refractivity contribution in [3.8, 4) is 11.5 Å². The van der Waals surface area contributed by atoms with Gasteiger partial charge < -0.3 is 9.84 Å². The fourth-order valence-electron chi connectivity index (χ4n) is 3.96. The minimum Gasteiger partial charge on any atom is -0.507 e. The molecule has 2 aromatic carbocycles. The van der Waals surface area contributed by atoms with Crippen LogP contribution < -0.4 is 10.2 Å². The Morgan fingerprint density at radius 2 is 1.54 bits per heavy atom. The van der Waals surface area contributed by atoms with Crippen molar-refractivity contribution in [2.45, 2.75) is 84.5 Å². The van der Waals surface area contributed by atoms with Crippen LogP contribution in [0.4, 0.5) is 17.1 Å². The molecule has 0 heterocycles. The van der Waals surface area contributed by atoms with Gasteiger partial charge in [-0.3, -0.25) is 25.7 Å². The number of hydrogen-bond acceptors (Lipinski definition) is 8. The maximum atomic E-state index is 11.3. The van der Waals surface area contributed by atoms with E-state index in [1.165, 1.54) is 63.5 Å². The number of nitrogens with one attached hydrogen (secondary N) is 1. The molecule has 0 fully saturated rings. The van der Waals surface area contributed by atoms with Crippen molar-refractivity contribution in [1.29, 1.82) is 0 Å². The summed E-state index contributed by atoms with van der Waals surface area (Å²) in [5.74, 6) is 0.549. The third-order valence-corrected chi connectivity index (χ3v) is 6.08. The Kier molecular flexibility index (Phi) is 12.9. The molecule has 0 saturated heterocycles. The minimum atomic E-state index is -0.714. The van der Waals surface area contributed by atoms with Gasteiger partial charge in [0.05, 0.1) is 28.2 Å². The topological polar surface area (TPSA) is 140 Å². The van der Waals surface area contributed by atoms with Crippen molar-refractivity contribution in [3.63, 3.8) is 0 Å². The Hall–Kier alpha value is -3.69. The van der Waals surface area contributed by atoms with E-state index >= 15 is 0 Å². The minimum absolute atomic E-state index is 0.0116. The largest absolute Gasteiger partial charge is 0.507 e. The highest BCUT2D eigenvalue weighted by atomic mass is 16.6. The second kappa shape index (κ2) is 16.1. The molecular weight excluding hydrogens is 476 g/mol. The summed E-state index contributed by atoms with van der Waals surface area (Å²) in [6.45, 7) is 4.64. The Balaban J connectivity index is 1.87. The fourth-order valence-corrected chi connectivity index (χ4v) is 3.96. The molecule has 0 amide bonds. The highest BCUT2D eigenvalue weighted by Gasteiger charge is 2.19. The molecular formula is C27H38N4O6. The lowest BCUT2D eigenvalue weighted by Crippen LogP contribution is -2.05. The van der Waals surface area contributed by atoms with Crippen LogP contribution >= 0.6 is 0 Å². The third-order valence-electron chi connectivity index (χ3n) is 6.08. The van der Waals surface area contributed by atoms with E-state index in [-0.39, 0.29) is 17.1 Å². The monoisotopic (exact) mass is 514 g/mol. The van der Waals surface area contributed by atoms with Gasteiger partial charge in [-0.1, -0.05) is 71.6 Å². The summed E-state index contributed by atoms with van der Waals surface area (Å²) >= 11 is 0. The summed E-state index contributed by atoms with van der Waals surface area (Å²) in [5.41, 5.74) is 2.70. The van der Waals surface area contributed by atoms with Crippen LogP contribution in [0.1, 0.15) is 90.0 Å². The summed E-state index contributed by atoms with van der Waals surface area (Å²) in [7, 11) is 0. The number of phenolic OH excluding ortho intramolecular Hbond substituents is 1. The molecule has 10 nitrogen and oxygen atoms in total. The van der Waals surface area contributed by atoms with Gasteiger partial charge in [0.25, 0.3) is 5.69 Å². The van der Waals surface area contributed by atoms with Gasteiger partial charge in [0.2, 0.25) is 0 Å². The van der Waals surface area contributed by atoms with Crippen LogP contribution in [0.15, 0.2) is 41.5 Å². The molecule has 0 aliphatic rings. The smallest absolute Gasteiger partial charge is 0.301 e. The van der Waals surface area contributed by atoms with Crippen molar-refractivity contribution in [2.24, 2.45) is 5.10 Å². The van der Waals surface area contributed by atoms with Crippen molar-refractivity contribution < 1.29 is 19.7 Å². The van der Waals surface area contributed by atoms with Crippen molar-refractivity contribution in [1.82, 2.24) is 0 Å². The van der Waals surface area contributed by atoms with Gasteiger partial charge in [0.15, 0.2) is 0 Å². The summed E-state index contributed by atoms with van der Waals surface area (Å²) in [5, 5.41) is 37.0. The molecule has 0 spiro atoms.